The van der Waals surface area contributed by atoms with Crippen LogP contribution in [-0.2, 0) is 30.3 Å². The van der Waals surface area contributed by atoms with E-state index in [1.807, 2.05) is 0 Å². The lowest BCUT2D eigenvalue weighted by molar-refractivity contribution is -0.190. The van der Waals surface area contributed by atoms with Crippen molar-refractivity contribution in [2.75, 3.05) is 23.8 Å². The van der Waals surface area contributed by atoms with E-state index in [9.17, 15) is 29.7 Å². The summed E-state index contributed by atoms with van der Waals surface area (Å²) in [5.74, 6) is -3.69. The van der Waals surface area contributed by atoms with Crippen LogP contribution in [0.4, 0.5) is 15.9 Å². The predicted octanol–water partition coefficient (Wildman–Crippen LogP) is 1.98. The maximum absolute atomic E-state index is 15.2. The summed E-state index contributed by atoms with van der Waals surface area (Å²) in [6.45, 7) is -0.223. The molecule has 0 unspecified atom stereocenters. The molecule has 42 heavy (non-hydrogen) atoms. The van der Waals surface area contributed by atoms with Gasteiger partial charge in [0.15, 0.2) is 23.9 Å². The third-order valence-electron chi connectivity index (χ3n) is 7.20. The first-order valence-electron chi connectivity index (χ1n) is 12.6. The number of aliphatic hydroxyl groups excluding tert-OH is 1. The molecule has 0 aliphatic carbocycles. The maximum atomic E-state index is 15.2. The number of piperidine rings is 1. The van der Waals surface area contributed by atoms with Gasteiger partial charge in [0, 0.05) is 25.1 Å². The number of fused-ring (bicyclic) bond motifs is 1. The summed E-state index contributed by atoms with van der Waals surface area (Å²) in [7, 11) is 0. The highest BCUT2D eigenvalue weighted by Crippen LogP contribution is 2.35. The fourth-order valence-corrected chi connectivity index (χ4v) is 5.14. The molecule has 2 aliphatic rings. The molecule has 3 aromatic rings. The van der Waals surface area contributed by atoms with Crippen LogP contribution in [0, 0.1) is 0 Å². The van der Waals surface area contributed by atoms with Gasteiger partial charge in [-0.05, 0) is 42.1 Å². The summed E-state index contributed by atoms with van der Waals surface area (Å²) in [5, 5.41) is 30.1. The number of aliphatic hydroxyl groups is 1. The van der Waals surface area contributed by atoms with Crippen LogP contribution < -0.4 is 10.6 Å². The number of halogens is 2. The summed E-state index contributed by atoms with van der Waals surface area (Å²) in [6.07, 6.45) is -4.14. The lowest BCUT2D eigenvalue weighted by atomic mass is 9.93. The van der Waals surface area contributed by atoms with Crippen molar-refractivity contribution in [3.63, 3.8) is 0 Å². The highest BCUT2D eigenvalue weighted by Gasteiger charge is 2.52. The third kappa shape index (κ3) is 5.60. The number of rotatable bonds is 9. The molecular formula is C26H30ClFN6O8. The highest BCUT2D eigenvalue weighted by molar-refractivity contribution is 6.28. The number of carboxylic acids is 2. The van der Waals surface area contributed by atoms with Gasteiger partial charge in [0.25, 0.3) is 5.60 Å². The van der Waals surface area contributed by atoms with Crippen LogP contribution in [0.3, 0.4) is 0 Å². The molecule has 1 aromatic carbocycles. The fraction of sp³-hybridized carbons (Fsp3) is 0.462. The maximum Gasteiger partial charge on any atom is 0.348 e. The zero-order valence-electron chi connectivity index (χ0n) is 21.4. The van der Waals surface area contributed by atoms with Gasteiger partial charge < -0.3 is 35.4 Å². The molecule has 5 N–H and O–H groups in total. The molecule has 16 heteroatoms. The molecule has 226 valence electrons. The summed E-state index contributed by atoms with van der Waals surface area (Å²) < 4.78 is 27.4. The number of hydrogen-bond acceptors (Lipinski definition) is 10. The number of nitrogens with two attached hydrogens (primary N) is 1. The van der Waals surface area contributed by atoms with Crippen molar-refractivity contribution in [1.29, 1.82) is 0 Å². The Labute approximate surface area is 243 Å². The molecule has 0 bridgehead atoms. The summed E-state index contributed by atoms with van der Waals surface area (Å²) in [6, 6.07) is 6.23. The van der Waals surface area contributed by atoms with Crippen molar-refractivity contribution in [1.82, 2.24) is 19.5 Å². The van der Waals surface area contributed by atoms with Gasteiger partial charge in [-0.15, -0.1) is 0 Å². The number of hydrogen-bond donors (Lipinski definition) is 4. The van der Waals surface area contributed by atoms with Crippen molar-refractivity contribution in [3.05, 3.63) is 41.4 Å². The Balaban J connectivity index is 0.00000405. The van der Waals surface area contributed by atoms with E-state index in [0.717, 1.165) is 17.4 Å². The minimum absolute atomic E-state index is 0. The first-order chi connectivity index (χ1) is 19.5. The van der Waals surface area contributed by atoms with Gasteiger partial charge >= 0.3 is 11.9 Å². The second-order valence-electron chi connectivity index (χ2n) is 9.80. The number of ether oxygens (including phenoxy) is 2. The molecule has 2 aliphatic heterocycles. The molecule has 2 saturated heterocycles. The normalized spacial score (nSPS) is 22.7. The molecule has 14 nitrogen and oxygen atoms in total. The molecule has 5 rings (SSSR count). The predicted molar refractivity (Wildman–Crippen MR) is 147 cm³/mol. The Bertz CT molecular complexity index is 1470. The van der Waals surface area contributed by atoms with Crippen molar-refractivity contribution in [2.45, 2.75) is 63.3 Å². The number of carbonyl (C=O) groups excluding carboxylic acids is 1. The summed E-state index contributed by atoms with van der Waals surface area (Å²) >= 11 is 5.86. The topological polar surface area (TPSA) is 203 Å². The van der Waals surface area contributed by atoms with Gasteiger partial charge in [0.2, 0.25) is 11.2 Å². The number of imidazole rings is 1. The van der Waals surface area contributed by atoms with E-state index in [1.165, 1.54) is 18.5 Å². The van der Waals surface area contributed by atoms with E-state index < -0.39 is 55.2 Å². The standard InChI is InChI=1S/C25H26ClFN6O8.CH4/c26-24-30-19(28)17-20(31-24)33(11-29-17)21-16(27)18(35)14(41-21)10-40-25(22(36)37,23(38)39)9-12-4-6-13(7-5-12)32-8-2-1-3-15(32)34;/h4-7,11,14,16,18,21,35H,1-3,8-10H2,(H,36,37)(H,38,39)(H2,28,30,31);1H4/t14-,16+,18-,21-;/m1./s1. The molecule has 1 amide bonds. The first-order valence-corrected chi connectivity index (χ1v) is 13.0. The second-order valence-corrected chi connectivity index (χ2v) is 10.1. The molecule has 4 heterocycles. The Kier molecular flexibility index (Phi) is 8.96. The van der Waals surface area contributed by atoms with Crippen LogP contribution in [0.2, 0.25) is 5.28 Å². The van der Waals surface area contributed by atoms with Crippen LogP contribution in [-0.4, -0.2) is 89.8 Å². The number of anilines is 2. The first kappa shape index (κ1) is 31.0. The monoisotopic (exact) mass is 608 g/mol. The molecule has 0 spiro atoms. The summed E-state index contributed by atoms with van der Waals surface area (Å²) in [5.41, 5.74) is 4.06. The number of benzene rings is 1. The van der Waals surface area contributed by atoms with E-state index in [0.29, 0.717) is 24.2 Å². The number of nitrogen functional groups attached to an aromatic ring is 1. The number of carboxylic acid groups (broad SMARTS) is 2. The number of alkyl halides is 1. The average molecular weight is 609 g/mol. The Hall–Kier alpha value is -3.92. The number of amides is 1. The zero-order chi connectivity index (χ0) is 29.5. The molecular weight excluding hydrogens is 579 g/mol. The lowest BCUT2D eigenvalue weighted by Crippen LogP contribution is -2.52. The number of carbonyl (C=O) groups is 3. The van der Waals surface area contributed by atoms with Crippen LogP contribution in [0.25, 0.3) is 11.2 Å². The smallest absolute Gasteiger partial charge is 0.348 e. The van der Waals surface area contributed by atoms with Crippen LogP contribution >= 0.6 is 11.6 Å². The van der Waals surface area contributed by atoms with Crippen molar-refractivity contribution in [2.24, 2.45) is 0 Å². The summed E-state index contributed by atoms with van der Waals surface area (Å²) in [4.78, 5) is 50.1. The zero-order valence-corrected chi connectivity index (χ0v) is 22.1. The molecule has 4 atom stereocenters. The highest BCUT2D eigenvalue weighted by atomic mass is 35.5. The lowest BCUT2D eigenvalue weighted by Gasteiger charge is -2.28. The van der Waals surface area contributed by atoms with E-state index in [1.54, 1.807) is 17.0 Å². The van der Waals surface area contributed by atoms with Crippen molar-refractivity contribution < 1.29 is 43.6 Å². The molecule has 2 fully saturated rings. The molecule has 0 radical (unpaired) electrons. The van der Waals surface area contributed by atoms with E-state index in [-0.39, 0.29) is 35.6 Å². The molecule has 0 saturated carbocycles. The Morgan fingerprint density at radius 3 is 2.52 bits per heavy atom. The van der Waals surface area contributed by atoms with Gasteiger partial charge in [-0.25, -0.2) is 19.0 Å². The van der Waals surface area contributed by atoms with Crippen molar-refractivity contribution in [3.8, 4) is 0 Å². The van der Waals surface area contributed by atoms with E-state index >= 15 is 4.39 Å². The number of nitrogens with zero attached hydrogens (tertiary/aromatic N) is 5. The quantitative estimate of drug-likeness (QED) is 0.203. The van der Waals surface area contributed by atoms with Crippen molar-refractivity contribution >= 4 is 52.1 Å². The minimum atomic E-state index is -2.79. The Morgan fingerprint density at radius 1 is 1.19 bits per heavy atom. The van der Waals surface area contributed by atoms with Gasteiger partial charge in [0.1, 0.15) is 17.7 Å². The van der Waals surface area contributed by atoms with Crippen LogP contribution in [0.15, 0.2) is 30.6 Å². The van der Waals surface area contributed by atoms with Crippen LogP contribution in [0.1, 0.15) is 38.5 Å². The van der Waals surface area contributed by atoms with Crippen LogP contribution in [0.5, 0.6) is 0 Å². The van der Waals surface area contributed by atoms with Gasteiger partial charge in [-0.2, -0.15) is 9.97 Å². The third-order valence-corrected chi connectivity index (χ3v) is 7.37. The number of aromatic nitrogens is 4. The SMILES string of the molecule is C.Nc1nc(Cl)nc2c1ncn2[C@@H]1O[C@H](COC(Cc2ccc(N3CCCCC3=O)cc2)(C(=O)O)C(=O)O)[C@@H](O)[C@@H]1F. The van der Waals surface area contributed by atoms with Gasteiger partial charge in [0.05, 0.1) is 12.9 Å². The Morgan fingerprint density at radius 2 is 1.88 bits per heavy atom. The largest absolute Gasteiger partial charge is 0.479 e. The van der Waals surface area contributed by atoms with Gasteiger partial charge in [-0.1, -0.05) is 19.6 Å². The number of aliphatic carboxylic acids is 2. The second kappa shape index (κ2) is 12.1. The fourth-order valence-electron chi connectivity index (χ4n) is 4.96. The van der Waals surface area contributed by atoms with E-state index in [2.05, 4.69) is 15.0 Å². The average Bonchev–Trinajstić information content (AvgIpc) is 3.47. The van der Waals surface area contributed by atoms with Gasteiger partial charge in [-0.3, -0.25) is 9.36 Å². The minimum Gasteiger partial charge on any atom is -0.479 e. The molecule has 2 aromatic heterocycles. The van der Waals surface area contributed by atoms with E-state index in [4.69, 9.17) is 26.8 Å².